The van der Waals surface area contributed by atoms with Crippen molar-refractivity contribution < 1.29 is 39.9 Å². The van der Waals surface area contributed by atoms with Crippen LogP contribution < -0.4 is 5.32 Å². The van der Waals surface area contributed by atoms with E-state index in [2.05, 4.69) is 5.32 Å². The van der Waals surface area contributed by atoms with Gasteiger partial charge in [-0.15, -0.1) is 0 Å². The number of ether oxygens (including phenoxy) is 1. The molecule has 0 saturated carbocycles. The number of amides is 1. The Bertz CT molecular complexity index is 1120. The highest BCUT2D eigenvalue weighted by molar-refractivity contribution is 7.93. The largest absolute Gasteiger partial charge is 0.401 e. The van der Waals surface area contributed by atoms with E-state index in [-0.39, 0.29) is 64.0 Å². The Morgan fingerprint density at radius 1 is 1.23 bits per heavy atom. The van der Waals surface area contributed by atoms with Gasteiger partial charge in [-0.2, -0.15) is 13.2 Å². The van der Waals surface area contributed by atoms with Crippen LogP contribution in [0.25, 0.3) is 0 Å². The van der Waals surface area contributed by atoms with Gasteiger partial charge in [0.15, 0.2) is 9.84 Å². The smallest absolute Gasteiger partial charge is 0.363 e. The fourth-order valence-electron chi connectivity index (χ4n) is 5.12. The number of likely N-dealkylation sites (tertiary alicyclic amines) is 2. The molecule has 2 aliphatic heterocycles. The van der Waals surface area contributed by atoms with Crippen LogP contribution >= 0.6 is 0 Å². The maximum Gasteiger partial charge on any atom is 0.401 e. The zero-order valence-corrected chi connectivity index (χ0v) is 22.9. The molecule has 3 rings (SSSR count). The average Bonchev–Trinajstić information content (AvgIpc) is 3.13. The Labute approximate surface area is 226 Å². The van der Waals surface area contributed by atoms with Gasteiger partial charge in [-0.3, -0.25) is 15.0 Å². The number of carbonyl (C=O) groups excluding carboxylic acids is 1. The quantitative estimate of drug-likeness (QED) is 0.258. The van der Waals surface area contributed by atoms with Gasteiger partial charge in [0, 0.05) is 56.2 Å². The van der Waals surface area contributed by atoms with Crippen molar-refractivity contribution in [2.45, 2.75) is 50.0 Å². The van der Waals surface area contributed by atoms with Gasteiger partial charge in [0.2, 0.25) is 5.91 Å². The SMILES string of the molecule is C[C@H](/C=C\S(C)(=O)=O)NCOC[C@@]1(F)CCCN(C(=O)[C@H]2CN(CC(F)(F)F)C[C@H]2c2ccccc2F)CC1. The van der Waals surface area contributed by atoms with Crippen molar-refractivity contribution in [1.29, 1.82) is 0 Å². The number of benzene rings is 1. The molecule has 4 atom stereocenters. The second-order valence-corrected chi connectivity index (χ2v) is 12.4. The van der Waals surface area contributed by atoms with Crippen molar-refractivity contribution >= 4 is 15.7 Å². The predicted octanol–water partition coefficient (Wildman–Crippen LogP) is 3.63. The topological polar surface area (TPSA) is 79.0 Å². The number of rotatable bonds is 10. The number of nitrogens with zero attached hydrogens (tertiary/aromatic N) is 2. The van der Waals surface area contributed by atoms with Crippen LogP contribution in [0.4, 0.5) is 22.0 Å². The minimum atomic E-state index is -4.45. The third kappa shape index (κ3) is 9.80. The van der Waals surface area contributed by atoms with Gasteiger partial charge in [-0.25, -0.2) is 17.2 Å². The molecular weight excluding hydrogens is 545 g/mol. The first-order chi connectivity index (χ1) is 18.2. The first-order valence-electron chi connectivity index (χ1n) is 12.9. The number of nitrogens with one attached hydrogen (secondary N) is 1. The summed E-state index contributed by atoms with van der Waals surface area (Å²) in [5.74, 6) is -2.59. The Morgan fingerprint density at radius 3 is 2.62 bits per heavy atom. The first-order valence-corrected chi connectivity index (χ1v) is 14.8. The summed E-state index contributed by atoms with van der Waals surface area (Å²) in [6, 6.07) is 5.48. The molecule has 1 amide bonds. The van der Waals surface area contributed by atoms with Crippen molar-refractivity contribution in [3.8, 4) is 0 Å². The van der Waals surface area contributed by atoms with Gasteiger partial charge in [0.05, 0.1) is 25.8 Å². The molecule has 2 heterocycles. The zero-order valence-electron chi connectivity index (χ0n) is 22.1. The van der Waals surface area contributed by atoms with Crippen molar-refractivity contribution in [1.82, 2.24) is 15.1 Å². The van der Waals surface area contributed by atoms with Gasteiger partial charge >= 0.3 is 6.18 Å². The van der Waals surface area contributed by atoms with E-state index in [4.69, 9.17) is 4.74 Å². The molecule has 13 heteroatoms. The average molecular weight is 582 g/mol. The molecule has 0 bridgehead atoms. The molecule has 0 aliphatic carbocycles. The Balaban J connectivity index is 1.59. The molecule has 2 aliphatic rings. The number of hydrogen-bond donors (Lipinski definition) is 1. The van der Waals surface area contributed by atoms with Crippen LogP contribution in [0.1, 0.15) is 37.7 Å². The van der Waals surface area contributed by atoms with Gasteiger partial charge < -0.3 is 9.64 Å². The van der Waals surface area contributed by atoms with E-state index in [0.29, 0.717) is 6.42 Å². The van der Waals surface area contributed by atoms with Crippen molar-refractivity contribution in [3.05, 3.63) is 47.1 Å². The molecular formula is C26H36F5N3O4S. The van der Waals surface area contributed by atoms with Crippen molar-refractivity contribution in [3.63, 3.8) is 0 Å². The van der Waals surface area contributed by atoms with Gasteiger partial charge in [-0.1, -0.05) is 24.3 Å². The Hall–Kier alpha value is -2.09. The van der Waals surface area contributed by atoms with E-state index in [1.165, 1.54) is 29.2 Å². The van der Waals surface area contributed by atoms with E-state index >= 15 is 4.39 Å². The summed E-state index contributed by atoms with van der Waals surface area (Å²) in [7, 11) is -3.26. The number of sulfone groups is 1. The fourth-order valence-corrected chi connectivity index (χ4v) is 5.64. The van der Waals surface area contributed by atoms with E-state index in [9.17, 15) is 30.8 Å². The second kappa shape index (κ2) is 13.0. The van der Waals surface area contributed by atoms with Crippen LogP contribution in [0, 0.1) is 11.7 Å². The minimum absolute atomic E-state index is 0.00831. The number of carbonyl (C=O) groups is 1. The minimum Gasteiger partial charge on any atom is -0.363 e. The molecule has 7 nitrogen and oxygen atoms in total. The van der Waals surface area contributed by atoms with Crippen LogP contribution in [0.15, 0.2) is 35.7 Å². The molecule has 1 N–H and O–H groups in total. The Morgan fingerprint density at radius 2 is 1.95 bits per heavy atom. The molecule has 39 heavy (non-hydrogen) atoms. The zero-order chi connectivity index (χ0) is 28.8. The molecule has 1 aromatic carbocycles. The molecule has 0 unspecified atom stereocenters. The normalized spacial score (nSPS) is 26.2. The van der Waals surface area contributed by atoms with Crippen LogP contribution in [-0.4, -0.2) is 94.3 Å². The lowest BCUT2D eigenvalue weighted by Crippen LogP contribution is -2.41. The molecule has 1 aromatic rings. The summed E-state index contributed by atoms with van der Waals surface area (Å²) >= 11 is 0. The van der Waals surface area contributed by atoms with Crippen molar-refractivity contribution in [2.75, 3.05) is 52.3 Å². The van der Waals surface area contributed by atoms with E-state index in [0.717, 1.165) is 16.6 Å². The highest BCUT2D eigenvalue weighted by Crippen LogP contribution is 2.37. The summed E-state index contributed by atoms with van der Waals surface area (Å²) in [6.07, 6.45) is -1.45. The summed E-state index contributed by atoms with van der Waals surface area (Å²) in [5, 5.41) is 3.99. The second-order valence-electron chi connectivity index (χ2n) is 10.5. The highest BCUT2D eigenvalue weighted by atomic mass is 32.2. The first kappa shape index (κ1) is 31.4. The number of halogens is 5. The Kier molecular flexibility index (Phi) is 10.5. The summed E-state index contributed by atoms with van der Waals surface area (Å²) < 4.78 is 97.3. The number of alkyl halides is 4. The van der Waals surface area contributed by atoms with Crippen LogP contribution in [0.5, 0.6) is 0 Å². The van der Waals surface area contributed by atoms with E-state index < -0.39 is 51.8 Å². The van der Waals surface area contributed by atoms with E-state index in [1.807, 2.05) is 0 Å². The number of hydrogen-bond acceptors (Lipinski definition) is 6. The predicted molar refractivity (Wildman–Crippen MR) is 137 cm³/mol. The van der Waals surface area contributed by atoms with Crippen LogP contribution in [0.3, 0.4) is 0 Å². The summed E-state index contributed by atoms with van der Waals surface area (Å²) in [4.78, 5) is 16.1. The molecule has 2 saturated heterocycles. The molecule has 0 aromatic heterocycles. The molecule has 0 spiro atoms. The lowest BCUT2D eigenvalue weighted by Gasteiger charge is -2.28. The lowest BCUT2D eigenvalue weighted by atomic mass is 9.87. The third-order valence-corrected chi connectivity index (χ3v) is 7.75. The van der Waals surface area contributed by atoms with Crippen molar-refractivity contribution in [2.24, 2.45) is 5.92 Å². The molecule has 220 valence electrons. The highest BCUT2D eigenvalue weighted by Gasteiger charge is 2.45. The fraction of sp³-hybridized carbons (Fsp3) is 0.654. The lowest BCUT2D eigenvalue weighted by molar-refractivity contribution is -0.146. The van der Waals surface area contributed by atoms with Gasteiger partial charge in [-0.05, 0) is 31.4 Å². The maximum atomic E-state index is 15.6. The van der Waals surface area contributed by atoms with Crippen LogP contribution in [0.2, 0.25) is 0 Å². The molecule has 2 fully saturated rings. The van der Waals surface area contributed by atoms with E-state index in [1.54, 1.807) is 13.0 Å². The maximum absolute atomic E-state index is 15.6. The summed E-state index contributed by atoms with van der Waals surface area (Å²) in [6.45, 7) is 0.347. The standard InChI is InChI=1S/C26H36F5N3O4S/c1-19(8-13-39(2,36)37)32-18-38-17-25(28)9-5-11-34(12-10-25)24(35)22-15-33(16-26(29,30)31)14-21(22)20-6-3-4-7-23(20)27/h3-4,6-8,13,19,21-22,32H,5,9-12,14-18H2,1-2H3/b13-8-/t19-,21+,22+,25-/m1/s1. The van der Waals surface area contributed by atoms with Gasteiger partial charge in [0.1, 0.15) is 11.5 Å². The third-order valence-electron chi connectivity index (χ3n) is 7.10. The monoisotopic (exact) mass is 581 g/mol. The molecule has 0 radical (unpaired) electrons. The summed E-state index contributed by atoms with van der Waals surface area (Å²) in [5.41, 5.74) is -1.50. The van der Waals surface area contributed by atoms with Gasteiger partial charge in [0.25, 0.3) is 0 Å². The van der Waals surface area contributed by atoms with Crippen LogP contribution in [-0.2, 0) is 19.4 Å².